The van der Waals surface area contributed by atoms with Gasteiger partial charge in [-0.1, -0.05) is 12.5 Å². The zero-order valence-corrected chi connectivity index (χ0v) is 10.7. The highest BCUT2D eigenvalue weighted by molar-refractivity contribution is 5.88. The van der Waals surface area contributed by atoms with Gasteiger partial charge in [0.15, 0.2) is 0 Å². The Hall–Kier alpha value is -1.84. The number of benzene rings is 1. The molecule has 19 heavy (non-hydrogen) atoms. The molecule has 0 heterocycles. The van der Waals surface area contributed by atoms with Gasteiger partial charge in [-0.15, -0.1) is 0 Å². The van der Waals surface area contributed by atoms with Crippen LogP contribution in [0.2, 0.25) is 0 Å². The quantitative estimate of drug-likeness (QED) is 0.875. The zero-order chi connectivity index (χ0) is 13.4. The molecule has 4 nitrogen and oxygen atoms in total. The summed E-state index contributed by atoms with van der Waals surface area (Å²) in [7, 11) is 0. The number of aromatic carboxylic acids is 1. The topological polar surface area (TPSA) is 66.4 Å². The molecule has 2 aliphatic rings. The Kier molecular flexibility index (Phi) is 3.01. The highest BCUT2D eigenvalue weighted by Gasteiger charge is 2.30. The highest BCUT2D eigenvalue weighted by atomic mass is 16.4. The molecule has 1 atom stereocenters. The average molecular weight is 259 g/mol. The van der Waals surface area contributed by atoms with Crippen molar-refractivity contribution in [3.8, 4) is 0 Å². The number of carboxylic acids is 1. The molecular formula is C15H17NO3. The van der Waals surface area contributed by atoms with Gasteiger partial charge >= 0.3 is 5.97 Å². The molecule has 0 saturated heterocycles. The van der Waals surface area contributed by atoms with E-state index in [1.807, 2.05) is 6.07 Å². The summed E-state index contributed by atoms with van der Waals surface area (Å²) in [6, 6.07) is 5.20. The van der Waals surface area contributed by atoms with Crippen LogP contribution in [-0.2, 0) is 11.2 Å². The van der Waals surface area contributed by atoms with Crippen molar-refractivity contribution in [3.05, 3.63) is 34.9 Å². The summed E-state index contributed by atoms with van der Waals surface area (Å²) in [4.78, 5) is 23.0. The van der Waals surface area contributed by atoms with Crippen LogP contribution in [-0.4, -0.2) is 17.0 Å². The number of hydrogen-bond donors (Lipinski definition) is 2. The van der Waals surface area contributed by atoms with Gasteiger partial charge in [-0.2, -0.15) is 0 Å². The molecule has 1 aromatic rings. The predicted molar refractivity (Wildman–Crippen MR) is 69.9 cm³/mol. The number of fused-ring (bicyclic) bond motifs is 1. The Labute approximate surface area is 111 Å². The van der Waals surface area contributed by atoms with E-state index in [0.717, 1.165) is 43.2 Å². The number of carbonyl (C=O) groups is 2. The first-order valence-electron chi connectivity index (χ1n) is 6.81. The van der Waals surface area contributed by atoms with Gasteiger partial charge in [0.05, 0.1) is 11.6 Å². The molecule has 3 rings (SSSR count). The molecule has 0 aromatic heterocycles. The van der Waals surface area contributed by atoms with Gasteiger partial charge in [0.25, 0.3) is 0 Å². The Bertz CT molecular complexity index is 534. The van der Waals surface area contributed by atoms with E-state index in [0.29, 0.717) is 5.56 Å². The van der Waals surface area contributed by atoms with Gasteiger partial charge in [-0.05, 0) is 48.9 Å². The fraction of sp³-hybridized carbons (Fsp3) is 0.467. The molecular weight excluding hydrogens is 242 g/mol. The smallest absolute Gasteiger partial charge is 0.335 e. The molecule has 100 valence electrons. The maximum atomic E-state index is 12.0. The van der Waals surface area contributed by atoms with E-state index in [2.05, 4.69) is 5.32 Å². The summed E-state index contributed by atoms with van der Waals surface area (Å²) in [6.07, 6.45) is 4.89. The Balaban J connectivity index is 1.78. The maximum Gasteiger partial charge on any atom is 0.335 e. The molecule has 4 heteroatoms. The predicted octanol–water partition coefficient (Wildman–Crippen LogP) is 2.29. The van der Waals surface area contributed by atoms with Gasteiger partial charge in [-0.3, -0.25) is 4.79 Å². The maximum absolute atomic E-state index is 12.0. The number of hydrogen-bond acceptors (Lipinski definition) is 2. The third-order valence-corrected chi connectivity index (χ3v) is 4.26. The summed E-state index contributed by atoms with van der Waals surface area (Å²) < 4.78 is 0. The molecule has 1 saturated carbocycles. The van der Waals surface area contributed by atoms with E-state index in [-0.39, 0.29) is 17.9 Å². The number of rotatable bonds is 3. The van der Waals surface area contributed by atoms with E-state index >= 15 is 0 Å². The van der Waals surface area contributed by atoms with Crippen LogP contribution in [0.25, 0.3) is 0 Å². The van der Waals surface area contributed by atoms with Crippen molar-refractivity contribution in [3.63, 3.8) is 0 Å². The lowest BCUT2D eigenvalue weighted by atomic mass is 9.84. The molecule has 1 fully saturated rings. The van der Waals surface area contributed by atoms with Crippen LogP contribution in [0.4, 0.5) is 0 Å². The second-order valence-electron chi connectivity index (χ2n) is 5.45. The zero-order valence-electron chi connectivity index (χ0n) is 10.7. The third-order valence-electron chi connectivity index (χ3n) is 4.26. The Morgan fingerprint density at radius 2 is 2.00 bits per heavy atom. The van der Waals surface area contributed by atoms with Crippen LogP contribution in [0, 0.1) is 5.92 Å². The number of carboxylic acid groups (broad SMARTS) is 1. The van der Waals surface area contributed by atoms with E-state index < -0.39 is 5.97 Å². The summed E-state index contributed by atoms with van der Waals surface area (Å²) in [5.74, 6) is -0.615. The first kappa shape index (κ1) is 12.2. The van der Waals surface area contributed by atoms with Crippen LogP contribution in [0.5, 0.6) is 0 Å². The Morgan fingerprint density at radius 1 is 1.21 bits per heavy atom. The number of amides is 1. The summed E-state index contributed by atoms with van der Waals surface area (Å²) in [5, 5.41) is 12.1. The van der Waals surface area contributed by atoms with Gasteiger partial charge in [0.1, 0.15) is 0 Å². The average Bonchev–Trinajstić information content (AvgIpc) is 2.69. The molecule has 1 amide bonds. The van der Waals surface area contributed by atoms with Crippen molar-refractivity contribution >= 4 is 11.9 Å². The van der Waals surface area contributed by atoms with Crippen LogP contribution in [0.3, 0.4) is 0 Å². The van der Waals surface area contributed by atoms with E-state index in [1.54, 1.807) is 12.1 Å². The number of aryl methyl sites for hydroxylation is 1. The minimum atomic E-state index is -0.918. The fourth-order valence-electron chi connectivity index (χ4n) is 2.85. The summed E-state index contributed by atoms with van der Waals surface area (Å²) >= 11 is 0. The van der Waals surface area contributed by atoms with E-state index in [1.165, 1.54) is 0 Å². The van der Waals surface area contributed by atoms with Crippen molar-refractivity contribution < 1.29 is 14.7 Å². The van der Waals surface area contributed by atoms with Crippen molar-refractivity contribution in [2.24, 2.45) is 5.92 Å². The van der Waals surface area contributed by atoms with Crippen LogP contribution in [0.15, 0.2) is 18.2 Å². The molecule has 0 spiro atoms. The van der Waals surface area contributed by atoms with Crippen LogP contribution in [0.1, 0.15) is 53.2 Å². The van der Waals surface area contributed by atoms with Crippen molar-refractivity contribution in [1.82, 2.24) is 5.32 Å². The van der Waals surface area contributed by atoms with Crippen LogP contribution < -0.4 is 5.32 Å². The normalized spacial score (nSPS) is 21.6. The fourth-order valence-corrected chi connectivity index (χ4v) is 2.85. The third kappa shape index (κ3) is 2.23. The molecule has 0 radical (unpaired) electrons. The lowest BCUT2D eigenvalue weighted by Crippen LogP contribution is -2.36. The van der Waals surface area contributed by atoms with Gasteiger partial charge in [-0.25, -0.2) is 4.79 Å². The number of nitrogens with one attached hydrogen (secondary N) is 1. The second-order valence-corrected chi connectivity index (χ2v) is 5.45. The van der Waals surface area contributed by atoms with Gasteiger partial charge in [0, 0.05) is 5.92 Å². The minimum absolute atomic E-state index is 0.0117. The van der Waals surface area contributed by atoms with Gasteiger partial charge in [0.2, 0.25) is 5.91 Å². The SMILES string of the molecule is O=C(O)c1ccc2c(c1)C(NC(=O)C1CCC1)CC2. The second kappa shape index (κ2) is 4.68. The van der Waals surface area contributed by atoms with Crippen LogP contribution >= 0.6 is 0 Å². The molecule has 2 aliphatic carbocycles. The highest BCUT2D eigenvalue weighted by Crippen LogP contribution is 2.33. The molecule has 2 N–H and O–H groups in total. The lowest BCUT2D eigenvalue weighted by Gasteiger charge is -2.26. The standard InChI is InChI=1S/C15H17NO3/c17-14(10-2-1-3-10)16-13-7-6-9-4-5-11(15(18)19)8-12(9)13/h4-5,8,10,13H,1-3,6-7H2,(H,16,17)(H,18,19). The first-order valence-corrected chi connectivity index (χ1v) is 6.81. The molecule has 1 aromatic carbocycles. The monoisotopic (exact) mass is 259 g/mol. The minimum Gasteiger partial charge on any atom is -0.478 e. The summed E-state index contributed by atoms with van der Waals surface area (Å²) in [6.45, 7) is 0. The Morgan fingerprint density at radius 3 is 2.63 bits per heavy atom. The largest absolute Gasteiger partial charge is 0.478 e. The van der Waals surface area contributed by atoms with Crippen molar-refractivity contribution in [2.45, 2.75) is 38.1 Å². The lowest BCUT2D eigenvalue weighted by molar-refractivity contribution is -0.128. The van der Waals surface area contributed by atoms with Gasteiger partial charge < -0.3 is 10.4 Å². The summed E-state index contributed by atoms with van der Waals surface area (Å²) in [5.41, 5.74) is 2.43. The van der Waals surface area contributed by atoms with E-state index in [9.17, 15) is 9.59 Å². The number of carbonyl (C=O) groups excluding carboxylic acids is 1. The molecule has 1 unspecified atom stereocenters. The molecule has 0 bridgehead atoms. The van der Waals surface area contributed by atoms with E-state index in [4.69, 9.17) is 5.11 Å². The van der Waals surface area contributed by atoms with Crippen molar-refractivity contribution in [2.75, 3.05) is 0 Å². The van der Waals surface area contributed by atoms with Crippen molar-refractivity contribution in [1.29, 1.82) is 0 Å². The molecule has 0 aliphatic heterocycles. The first-order chi connectivity index (χ1) is 9.15.